The largest absolute Gasteiger partial charge is 0.337 e. The van der Waals surface area contributed by atoms with Crippen molar-refractivity contribution in [3.63, 3.8) is 0 Å². The summed E-state index contributed by atoms with van der Waals surface area (Å²) >= 11 is 0. The van der Waals surface area contributed by atoms with Gasteiger partial charge in [-0.25, -0.2) is 4.79 Å². The van der Waals surface area contributed by atoms with Crippen LogP contribution in [-0.2, 0) is 14.1 Å². The van der Waals surface area contributed by atoms with E-state index in [1.165, 1.54) is 24.7 Å². The molecule has 0 radical (unpaired) electrons. The van der Waals surface area contributed by atoms with Crippen molar-refractivity contribution in [1.82, 2.24) is 28.6 Å². The lowest BCUT2D eigenvalue weighted by Crippen LogP contribution is -2.45. The first-order chi connectivity index (χ1) is 13.0. The second-order valence-corrected chi connectivity index (χ2v) is 6.85. The molecule has 0 unspecified atom stereocenters. The Morgan fingerprint density at radius 1 is 1.15 bits per heavy atom. The van der Waals surface area contributed by atoms with Gasteiger partial charge in [-0.2, -0.15) is 0 Å². The molecule has 3 aromatic heterocycles. The average molecular weight is 368 g/mol. The Bertz CT molecular complexity index is 1140. The lowest BCUT2D eigenvalue weighted by Gasteiger charge is -2.32. The smallest absolute Gasteiger partial charge is 0.331 e. The predicted molar refractivity (Wildman–Crippen MR) is 97.8 cm³/mol. The summed E-state index contributed by atoms with van der Waals surface area (Å²) in [5.41, 5.74) is -0.124. The van der Waals surface area contributed by atoms with Gasteiger partial charge in [-0.1, -0.05) is 6.07 Å². The molecule has 9 heteroatoms. The normalized spacial score (nSPS) is 17.4. The van der Waals surface area contributed by atoms with Crippen LogP contribution in [0.25, 0.3) is 5.65 Å². The highest BCUT2D eigenvalue weighted by molar-refractivity contribution is 5.92. The molecule has 0 saturated carbocycles. The number of amides is 1. The molecule has 4 heterocycles. The van der Waals surface area contributed by atoms with Gasteiger partial charge < -0.3 is 4.90 Å². The van der Waals surface area contributed by atoms with Gasteiger partial charge >= 0.3 is 5.69 Å². The third-order valence-corrected chi connectivity index (χ3v) is 5.16. The minimum atomic E-state index is -0.511. The Morgan fingerprint density at radius 3 is 2.78 bits per heavy atom. The van der Waals surface area contributed by atoms with Crippen LogP contribution in [0.4, 0.5) is 0 Å². The summed E-state index contributed by atoms with van der Waals surface area (Å²) in [5, 5.41) is 8.50. The second-order valence-electron chi connectivity index (χ2n) is 6.85. The van der Waals surface area contributed by atoms with Crippen LogP contribution in [0.5, 0.6) is 0 Å². The quantitative estimate of drug-likeness (QED) is 0.642. The molecule has 0 N–H and O–H groups in total. The maximum atomic E-state index is 13.0. The van der Waals surface area contributed by atoms with E-state index in [0.717, 1.165) is 28.9 Å². The fourth-order valence-electron chi connectivity index (χ4n) is 3.61. The number of nitrogens with zero attached hydrogens (tertiary/aromatic N) is 6. The number of fused-ring (bicyclic) bond motifs is 1. The highest BCUT2D eigenvalue weighted by Crippen LogP contribution is 2.26. The van der Waals surface area contributed by atoms with E-state index in [1.807, 2.05) is 28.8 Å². The Labute approximate surface area is 154 Å². The van der Waals surface area contributed by atoms with Gasteiger partial charge in [0.05, 0.1) is 0 Å². The summed E-state index contributed by atoms with van der Waals surface area (Å²) in [5.74, 6) is 0.551. The van der Waals surface area contributed by atoms with Crippen LogP contribution in [0.3, 0.4) is 0 Å². The van der Waals surface area contributed by atoms with E-state index in [0.29, 0.717) is 13.1 Å². The first-order valence-electron chi connectivity index (χ1n) is 8.83. The Kier molecular flexibility index (Phi) is 4.14. The number of hydrogen-bond acceptors (Lipinski definition) is 5. The van der Waals surface area contributed by atoms with Crippen molar-refractivity contribution in [2.45, 2.75) is 18.8 Å². The minimum Gasteiger partial charge on any atom is -0.337 e. The Morgan fingerprint density at radius 2 is 1.96 bits per heavy atom. The van der Waals surface area contributed by atoms with Gasteiger partial charge in [-0.3, -0.25) is 23.1 Å². The van der Waals surface area contributed by atoms with Crippen LogP contribution in [0, 0.1) is 0 Å². The number of hydrogen-bond donors (Lipinski definition) is 0. The fourth-order valence-corrected chi connectivity index (χ4v) is 3.61. The van der Waals surface area contributed by atoms with Gasteiger partial charge in [0, 0.05) is 45.4 Å². The van der Waals surface area contributed by atoms with Gasteiger partial charge in [-0.05, 0) is 25.0 Å². The topological polar surface area (TPSA) is 94.5 Å². The molecule has 1 atom stereocenters. The molecule has 4 rings (SSSR count). The number of rotatable bonds is 2. The lowest BCUT2D eigenvalue weighted by molar-refractivity contribution is 0.0692. The molecule has 1 amide bonds. The van der Waals surface area contributed by atoms with Crippen LogP contribution >= 0.6 is 0 Å². The van der Waals surface area contributed by atoms with Crippen molar-refractivity contribution in [2.24, 2.45) is 14.1 Å². The van der Waals surface area contributed by atoms with E-state index < -0.39 is 11.2 Å². The third-order valence-electron chi connectivity index (χ3n) is 5.16. The second kappa shape index (κ2) is 6.49. The van der Waals surface area contributed by atoms with E-state index in [1.54, 1.807) is 4.90 Å². The van der Waals surface area contributed by atoms with Crippen molar-refractivity contribution in [2.75, 3.05) is 13.1 Å². The molecular weight excluding hydrogens is 348 g/mol. The number of pyridine rings is 1. The fraction of sp³-hybridized carbons (Fsp3) is 0.389. The third kappa shape index (κ3) is 2.84. The molecule has 9 nitrogen and oxygen atoms in total. The van der Waals surface area contributed by atoms with Crippen LogP contribution in [-0.4, -0.2) is 47.6 Å². The number of carbonyl (C=O) groups is 1. The van der Waals surface area contributed by atoms with Crippen LogP contribution in [0.1, 0.15) is 35.1 Å². The van der Waals surface area contributed by atoms with Crippen molar-refractivity contribution in [3.05, 3.63) is 62.8 Å². The molecule has 0 bridgehead atoms. The maximum absolute atomic E-state index is 13.0. The van der Waals surface area contributed by atoms with Crippen molar-refractivity contribution in [3.8, 4) is 0 Å². The van der Waals surface area contributed by atoms with Gasteiger partial charge in [-0.15, -0.1) is 10.2 Å². The van der Waals surface area contributed by atoms with Gasteiger partial charge in [0.1, 0.15) is 11.5 Å². The first kappa shape index (κ1) is 17.2. The highest BCUT2D eigenvalue weighted by atomic mass is 16.2. The molecule has 27 heavy (non-hydrogen) atoms. The van der Waals surface area contributed by atoms with E-state index in [4.69, 9.17) is 0 Å². The van der Waals surface area contributed by atoms with E-state index in [9.17, 15) is 14.4 Å². The van der Waals surface area contributed by atoms with Gasteiger partial charge in [0.25, 0.3) is 11.5 Å². The standard InChI is InChI=1S/C18H20N6O3/c1-21-13(10-15(25)22(2)18(21)27)17(26)23-8-5-6-12(11-23)16-20-19-14-7-3-4-9-24(14)16/h3-4,7,9-10,12H,5-6,8,11H2,1-2H3/t12-/m1/s1. The molecule has 0 aromatic carbocycles. The van der Waals surface area contributed by atoms with Crippen molar-refractivity contribution in [1.29, 1.82) is 0 Å². The summed E-state index contributed by atoms with van der Waals surface area (Å²) in [6.45, 7) is 1.05. The average Bonchev–Trinajstić information content (AvgIpc) is 3.13. The minimum absolute atomic E-state index is 0.0451. The molecule has 1 aliphatic heterocycles. The zero-order valence-corrected chi connectivity index (χ0v) is 15.2. The summed E-state index contributed by atoms with van der Waals surface area (Å²) in [7, 11) is 2.90. The number of likely N-dealkylation sites (tertiary alicyclic amines) is 1. The highest BCUT2D eigenvalue weighted by Gasteiger charge is 2.29. The molecular formula is C18H20N6O3. The summed E-state index contributed by atoms with van der Waals surface area (Å²) in [6, 6.07) is 6.93. The molecule has 1 saturated heterocycles. The molecule has 0 aliphatic carbocycles. The lowest BCUT2D eigenvalue weighted by atomic mass is 9.97. The molecule has 3 aromatic rings. The van der Waals surface area contributed by atoms with Crippen molar-refractivity contribution < 1.29 is 4.79 Å². The van der Waals surface area contributed by atoms with E-state index >= 15 is 0 Å². The SMILES string of the molecule is Cn1c(C(=O)N2CCC[C@@H](c3nnc4ccccn34)C2)cc(=O)n(C)c1=O. The molecule has 1 aliphatic rings. The predicted octanol–water partition coefficient (Wildman–Crippen LogP) is 0.147. The monoisotopic (exact) mass is 368 g/mol. The molecule has 0 spiro atoms. The number of aromatic nitrogens is 5. The zero-order valence-electron chi connectivity index (χ0n) is 15.2. The van der Waals surface area contributed by atoms with Crippen LogP contribution in [0.2, 0.25) is 0 Å². The van der Waals surface area contributed by atoms with Crippen LogP contribution < -0.4 is 11.2 Å². The molecule has 1 fully saturated rings. The van der Waals surface area contributed by atoms with Gasteiger partial charge in [0.15, 0.2) is 5.65 Å². The molecule has 140 valence electrons. The number of piperidine rings is 1. The Hall–Kier alpha value is -3.23. The zero-order chi connectivity index (χ0) is 19.1. The summed E-state index contributed by atoms with van der Waals surface area (Å²) < 4.78 is 4.14. The Balaban J connectivity index is 1.65. The van der Waals surface area contributed by atoms with Crippen molar-refractivity contribution >= 4 is 11.6 Å². The summed E-state index contributed by atoms with van der Waals surface area (Å²) in [4.78, 5) is 38.8. The van der Waals surface area contributed by atoms with Crippen LogP contribution in [0.15, 0.2) is 40.1 Å². The maximum Gasteiger partial charge on any atom is 0.331 e. The number of carbonyl (C=O) groups excluding carboxylic acids is 1. The van der Waals surface area contributed by atoms with E-state index in [-0.39, 0.29) is 17.5 Å². The first-order valence-corrected chi connectivity index (χ1v) is 8.83. The van der Waals surface area contributed by atoms with E-state index in [2.05, 4.69) is 10.2 Å². The summed E-state index contributed by atoms with van der Waals surface area (Å²) in [6.07, 6.45) is 3.63. The van der Waals surface area contributed by atoms with Gasteiger partial charge in [0.2, 0.25) is 0 Å².